The SMILES string of the molecule is Cc1oc(CN2CCOC(C#N)C2)cc1C(=O)NN. The molecule has 2 heterocycles. The second-order valence-corrected chi connectivity index (χ2v) is 4.38. The van der Waals surface area contributed by atoms with Gasteiger partial charge in [-0.1, -0.05) is 0 Å². The molecule has 0 aromatic carbocycles. The van der Waals surface area contributed by atoms with E-state index in [9.17, 15) is 4.79 Å². The number of aryl methyl sites for hydroxylation is 1. The summed E-state index contributed by atoms with van der Waals surface area (Å²) in [5.74, 6) is 5.93. The smallest absolute Gasteiger partial charge is 0.268 e. The number of nitriles is 1. The van der Waals surface area contributed by atoms with Gasteiger partial charge in [0.2, 0.25) is 0 Å². The molecule has 0 aliphatic carbocycles. The molecule has 0 bridgehead atoms. The summed E-state index contributed by atoms with van der Waals surface area (Å²) in [4.78, 5) is 13.5. The standard InChI is InChI=1S/C12H16N4O3/c1-8-11(12(17)15-14)4-9(19-8)6-16-2-3-18-10(5-13)7-16/h4,10H,2-3,6-7,14H2,1H3,(H,15,17). The van der Waals surface area contributed by atoms with Crippen molar-refractivity contribution < 1.29 is 13.9 Å². The van der Waals surface area contributed by atoms with Gasteiger partial charge in [-0.15, -0.1) is 0 Å². The predicted molar refractivity (Wildman–Crippen MR) is 65.7 cm³/mol. The van der Waals surface area contributed by atoms with Crippen molar-refractivity contribution in [1.29, 1.82) is 5.26 Å². The minimum absolute atomic E-state index is 0.371. The highest BCUT2D eigenvalue weighted by Gasteiger charge is 2.22. The van der Waals surface area contributed by atoms with E-state index in [4.69, 9.17) is 20.3 Å². The zero-order valence-electron chi connectivity index (χ0n) is 10.7. The monoisotopic (exact) mass is 264 g/mol. The van der Waals surface area contributed by atoms with Crippen LogP contribution in [0.2, 0.25) is 0 Å². The minimum Gasteiger partial charge on any atom is -0.464 e. The van der Waals surface area contributed by atoms with Crippen LogP contribution in [0.25, 0.3) is 0 Å². The molecule has 2 rings (SSSR count). The van der Waals surface area contributed by atoms with E-state index in [1.807, 2.05) is 0 Å². The van der Waals surface area contributed by atoms with E-state index in [1.165, 1.54) is 0 Å². The van der Waals surface area contributed by atoms with Crippen molar-refractivity contribution in [1.82, 2.24) is 10.3 Å². The molecule has 1 unspecified atom stereocenters. The van der Waals surface area contributed by atoms with Crippen LogP contribution in [0.15, 0.2) is 10.5 Å². The molecule has 1 aromatic rings. The first-order chi connectivity index (χ1) is 9.13. The molecule has 1 aliphatic rings. The number of morpholine rings is 1. The van der Waals surface area contributed by atoms with Crippen molar-refractivity contribution in [3.05, 3.63) is 23.2 Å². The molecule has 102 valence electrons. The average molecular weight is 264 g/mol. The molecule has 3 N–H and O–H groups in total. The lowest BCUT2D eigenvalue weighted by Crippen LogP contribution is -2.41. The number of rotatable bonds is 3. The predicted octanol–water partition coefficient (Wildman–Crippen LogP) is -0.0841. The van der Waals surface area contributed by atoms with Crippen LogP contribution in [0.4, 0.5) is 0 Å². The Morgan fingerprint density at radius 1 is 1.74 bits per heavy atom. The highest BCUT2D eigenvalue weighted by atomic mass is 16.5. The van der Waals surface area contributed by atoms with E-state index in [-0.39, 0.29) is 5.91 Å². The Bertz CT molecular complexity index is 506. The summed E-state index contributed by atoms with van der Waals surface area (Å²) >= 11 is 0. The highest BCUT2D eigenvalue weighted by molar-refractivity contribution is 5.94. The molecule has 1 aliphatic heterocycles. The minimum atomic E-state index is -0.406. The summed E-state index contributed by atoms with van der Waals surface area (Å²) in [5, 5.41) is 8.84. The van der Waals surface area contributed by atoms with Crippen LogP contribution < -0.4 is 11.3 Å². The summed E-state index contributed by atoms with van der Waals surface area (Å²) in [6, 6.07) is 3.76. The van der Waals surface area contributed by atoms with E-state index < -0.39 is 6.10 Å². The van der Waals surface area contributed by atoms with Crippen molar-refractivity contribution in [2.24, 2.45) is 5.84 Å². The number of hydrogen-bond donors (Lipinski definition) is 2. The fourth-order valence-corrected chi connectivity index (χ4v) is 2.07. The summed E-state index contributed by atoms with van der Waals surface area (Å²) < 4.78 is 10.8. The second-order valence-electron chi connectivity index (χ2n) is 4.38. The molecule has 0 radical (unpaired) electrons. The van der Waals surface area contributed by atoms with Gasteiger partial charge in [-0.05, 0) is 13.0 Å². The van der Waals surface area contributed by atoms with Crippen molar-refractivity contribution >= 4 is 5.91 Å². The number of nitrogens with one attached hydrogen (secondary N) is 1. The number of ether oxygens (including phenoxy) is 1. The highest BCUT2D eigenvalue weighted by Crippen LogP contribution is 2.17. The van der Waals surface area contributed by atoms with Crippen molar-refractivity contribution in [2.75, 3.05) is 19.7 Å². The maximum absolute atomic E-state index is 11.5. The third-order valence-electron chi connectivity index (χ3n) is 3.02. The van der Waals surface area contributed by atoms with Crippen LogP contribution in [0.3, 0.4) is 0 Å². The summed E-state index contributed by atoms with van der Waals surface area (Å²) in [6.45, 7) is 4.05. The van der Waals surface area contributed by atoms with Crippen LogP contribution >= 0.6 is 0 Å². The molecule has 0 spiro atoms. The van der Waals surface area contributed by atoms with E-state index in [2.05, 4.69) is 16.4 Å². The van der Waals surface area contributed by atoms with Gasteiger partial charge in [0.1, 0.15) is 11.5 Å². The van der Waals surface area contributed by atoms with Gasteiger partial charge in [-0.3, -0.25) is 15.1 Å². The van der Waals surface area contributed by atoms with Gasteiger partial charge in [0.15, 0.2) is 6.10 Å². The van der Waals surface area contributed by atoms with Gasteiger partial charge in [-0.2, -0.15) is 5.26 Å². The molecule has 1 amide bonds. The molecule has 1 saturated heterocycles. The van der Waals surface area contributed by atoms with Crippen molar-refractivity contribution in [2.45, 2.75) is 19.6 Å². The Kier molecular flexibility index (Phi) is 4.16. The maximum Gasteiger partial charge on any atom is 0.268 e. The number of furan rings is 1. The second kappa shape index (κ2) is 5.84. The lowest BCUT2D eigenvalue weighted by atomic mass is 10.2. The number of hydrazine groups is 1. The van der Waals surface area contributed by atoms with E-state index in [0.717, 1.165) is 6.54 Å². The van der Waals surface area contributed by atoms with Crippen LogP contribution in [0.5, 0.6) is 0 Å². The first-order valence-electron chi connectivity index (χ1n) is 5.98. The number of nitrogens with two attached hydrogens (primary N) is 1. The Hall–Kier alpha value is -1.88. The number of hydrogen-bond acceptors (Lipinski definition) is 6. The Morgan fingerprint density at radius 2 is 2.53 bits per heavy atom. The quantitative estimate of drug-likeness (QED) is 0.449. The zero-order chi connectivity index (χ0) is 13.8. The molecular weight excluding hydrogens is 248 g/mol. The molecule has 1 aromatic heterocycles. The summed E-state index contributed by atoms with van der Waals surface area (Å²) in [5.41, 5.74) is 2.51. The number of carbonyl (C=O) groups is 1. The molecule has 7 nitrogen and oxygen atoms in total. The first-order valence-corrected chi connectivity index (χ1v) is 5.98. The summed E-state index contributed by atoms with van der Waals surface area (Å²) in [6.07, 6.45) is -0.406. The zero-order valence-corrected chi connectivity index (χ0v) is 10.7. The van der Waals surface area contributed by atoms with Gasteiger partial charge < -0.3 is 9.15 Å². The van der Waals surface area contributed by atoms with Crippen molar-refractivity contribution in [3.63, 3.8) is 0 Å². The Labute approximate surface area is 110 Å². The summed E-state index contributed by atoms with van der Waals surface area (Å²) in [7, 11) is 0. The van der Waals surface area contributed by atoms with Crippen LogP contribution in [0.1, 0.15) is 21.9 Å². The van der Waals surface area contributed by atoms with Gasteiger partial charge in [0.25, 0.3) is 5.91 Å². The number of nitrogen functional groups attached to an aromatic ring is 1. The maximum atomic E-state index is 11.5. The Morgan fingerprint density at radius 3 is 3.21 bits per heavy atom. The third kappa shape index (κ3) is 3.12. The average Bonchev–Trinajstić information content (AvgIpc) is 2.79. The van der Waals surface area contributed by atoms with Gasteiger partial charge in [0.05, 0.1) is 24.8 Å². The van der Waals surface area contributed by atoms with E-state index in [0.29, 0.717) is 36.8 Å². The van der Waals surface area contributed by atoms with Gasteiger partial charge in [-0.25, -0.2) is 5.84 Å². The number of amides is 1. The molecule has 0 saturated carbocycles. The van der Waals surface area contributed by atoms with Crippen LogP contribution in [0, 0.1) is 18.3 Å². The van der Waals surface area contributed by atoms with E-state index in [1.54, 1.807) is 13.0 Å². The van der Waals surface area contributed by atoms with Gasteiger partial charge >= 0.3 is 0 Å². The van der Waals surface area contributed by atoms with Crippen LogP contribution in [-0.4, -0.2) is 36.6 Å². The largest absolute Gasteiger partial charge is 0.464 e. The topological polar surface area (TPSA) is 105 Å². The normalized spacial score (nSPS) is 19.9. The molecular formula is C12H16N4O3. The lowest BCUT2D eigenvalue weighted by molar-refractivity contribution is -0.00493. The fraction of sp³-hybridized carbons (Fsp3) is 0.500. The van der Waals surface area contributed by atoms with Crippen LogP contribution in [-0.2, 0) is 11.3 Å². The van der Waals surface area contributed by atoms with E-state index >= 15 is 0 Å². The molecule has 1 atom stereocenters. The molecule has 19 heavy (non-hydrogen) atoms. The fourth-order valence-electron chi connectivity index (χ4n) is 2.07. The number of nitrogens with zero attached hydrogens (tertiary/aromatic N) is 2. The molecule has 1 fully saturated rings. The van der Waals surface area contributed by atoms with Crippen molar-refractivity contribution in [3.8, 4) is 6.07 Å². The Balaban J connectivity index is 2.03. The first kappa shape index (κ1) is 13.5. The molecule has 7 heteroatoms. The third-order valence-corrected chi connectivity index (χ3v) is 3.02. The number of carbonyl (C=O) groups excluding carboxylic acids is 1. The lowest BCUT2D eigenvalue weighted by Gasteiger charge is -2.28. The van der Waals surface area contributed by atoms with Gasteiger partial charge in [0, 0.05) is 13.1 Å².